The molecule has 126 valence electrons. The molecule has 2 N–H and O–H groups in total. The van der Waals surface area contributed by atoms with Crippen molar-refractivity contribution in [3.8, 4) is 0 Å². The predicted octanol–water partition coefficient (Wildman–Crippen LogP) is 4.31. The summed E-state index contributed by atoms with van der Waals surface area (Å²) in [6.45, 7) is 1.43. The third kappa shape index (κ3) is 5.86. The lowest BCUT2D eigenvalue weighted by Crippen LogP contribution is -2.14. The zero-order valence-corrected chi connectivity index (χ0v) is 14.5. The number of amides is 2. The van der Waals surface area contributed by atoms with Gasteiger partial charge in [0.15, 0.2) is 0 Å². The van der Waals surface area contributed by atoms with Crippen LogP contribution in [0.2, 0.25) is 5.02 Å². The van der Waals surface area contributed by atoms with Gasteiger partial charge in [-0.25, -0.2) is 4.39 Å². The van der Waals surface area contributed by atoms with Gasteiger partial charge in [0.05, 0.1) is 5.75 Å². The summed E-state index contributed by atoms with van der Waals surface area (Å²) in [6.07, 6.45) is 0. The zero-order chi connectivity index (χ0) is 17.5. The van der Waals surface area contributed by atoms with Crippen LogP contribution in [-0.2, 0) is 15.3 Å². The molecule has 2 aromatic rings. The number of thioether (sulfide) groups is 1. The highest BCUT2D eigenvalue weighted by molar-refractivity contribution is 7.99. The van der Waals surface area contributed by atoms with Crippen molar-refractivity contribution in [2.75, 3.05) is 16.4 Å². The van der Waals surface area contributed by atoms with Crippen molar-refractivity contribution in [1.29, 1.82) is 0 Å². The number of carbonyl (C=O) groups excluding carboxylic acids is 2. The Morgan fingerprint density at radius 2 is 1.71 bits per heavy atom. The molecule has 0 fully saturated rings. The number of carbonyl (C=O) groups is 2. The summed E-state index contributed by atoms with van der Waals surface area (Å²) in [6, 6.07) is 11.3. The molecule has 0 atom stereocenters. The number of nitrogens with one attached hydrogen (secondary N) is 2. The molecule has 0 spiro atoms. The van der Waals surface area contributed by atoms with Crippen LogP contribution >= 0.6 is 23.4 Å². The second-order valence-electron chi connectivity index (χ2n) is 5.04. The Hall–Kier alpha value is -2.05. The summed E-state index contributed by atoms with van der Waals surface area (Å²) in [5.74, 6) is -0.115. The number of benzene rings is 2. The number of anilines is 2. The fraction of sp³-hybridized carbons (Fsp3) is 0.176. The average molecular weight is 367 g/mol. The largest absolute Gasteiger partial charge is 0.326 e. The Balaban J connectivity index is 1.79. The minimum absolute atomic E-state index is 0.155. The first-order valence-electron chi connectivity index (χ1n) is 7.13. The van der Waals surface area contributed by atoms with E-state index in [0.29, 0.717) is 27.7 Å². The lowest BCUT2D eigenvalue weighted by atomic mass is 10.2. The van der Waals surface area contributed by atoms with Gasteiger partial charge < -0.3 is 10.6 Å². The van der Waals surface area contributed by atoms with Crippen molar-refractivity contribution in [3.05, 3.63) is 58.9 Å². The first-order chi connectivity index (χ1) is 11.4. The summed E-state index contributed by atoms with van der Waals surface area (Å²) in [4.78, 5) is 22.8. The minimum Gasteiger partial charge on any atom is -0.326 e. The summed E-state index contributed by atoms with van der Waals surface area (Å²) in [5.41, 5.74) is 1.80. The minimum atomic E-state index is -0.371. The van der Waals surface area contributed by atoms with E-state index in [4.69, 9.17) is 11.6 Å². The molecule has 7 heteroatoms. The molecule has 4 nitrogen and oxygen atoms in total. The normalized spacial score (nSPS) is 10.3. The zero-order valence-electron chi connectivity index (χ0n) is 12.9. The fourth-order valence-electron chi connectivity index (χ4n) is 1.93. The molecule has 0 aliphatic heterocycles. The Kier molecular flexibility index (Phi) is 6.63. The molecule has 0 radical (unpaired) electrons. The third-order valence-corrected chi connectivity index (χ3v) is 4.21. The van der Waals surface area contributed by atoms with Gasteiger partial charge in [0.1, 0.15) is 5.82 Å². The van der Waals surface area contributed by atoms with Crippen LogP contribution in [0.15, 0.2) is 42.5 Å². The molecule has 24 heavy (non-hydrogen) atoms. The van der Waals surface area contributed by atoms with Gasteiger partial charge in [-0.3, -0.25) is 9.59 Å². The molecule has 2 aromatic carbocycles. The number of hydrogen-bond donors (Lipinski definition) is 2. The van der Waals surface area contributed by atoms with Crippen molar-refractivity contribution < 1.29 is 14.0 Å². The lowest BCUT2D eigenvalue weighted by molar-refractivity contribution is -0.114. The van der Waals surface area contributed by atoms with E-state index in [-0.39, 0.29) is 23.4 Å². The molecule has 0 saturated carbocycles. The molecule has 0 unspecified atom stereocenters. The summed E-state index contributed by atoms with van der Waals surface area (Å²) in [7, 11) is 0. The Morgan fingerprint density at radius 3 is 2.29 bits per heavy atom. The van der Waals surface area contributed by atoms with Crippen LogP contribution in [0.25, 0.3) is 0 Å². The highest BCUT2D eigenvalue weighted by Gasteiger charge is 2.06. The van der Waals surface area contributed by atoms with E-state index in [1.165, 1.54) is 24.8 Å². The van der Waals surface area contributed by atoms with Gasteiger partial charge in [0.25, 0.3) is 0 Å². The molecule has 0 aliphatic rings. The van der Waals surface area contributed by atoms with Gasteiger partial charge in [-0.1, -0.05) is 17.7 Å². The SMILES string of the molecule is CC(=O)Nc1ccc(NC(=O)CSCc2ccc(Cl)cc2F)cc1. The molecule has 0 heterocycles. The maximum Gasteiger partial charge on any atom is 0.234 e. The highest BCUT2D eigenvalue weighted by Crippen LogP contribution is 2.20. The number of halogens is 2. The van der Waals surface area contributed by atoms with Crippen molar-refractivity contribution in [2.45, 2.75) is 12.7 Å². The van der Waals surface area contributed by atoms with Crippen molar-refractivity contribution in [1.82, 2.24) is 0 Å². The summed E-state index contributed by atoms with van der Waals surface area (Å²) in [5, 5.41) is 5.74. The second-order valence-corrected chi connectivity index (χ2v) is 6.46. The van der Waals surface area contributed by atoms with E-state index in [2.05, 4.69) is 10.6 Å². The van der Waals surface area contributed by atoms with Crippen LogP contribution in [-0.4, -0.2) is 17.6 Å². The predicted molar refractivity (Wildman–Crippen MR) is 96.9 cm³/mol. The van der Waals surface area contributed by atoms with Crippen LogP contribution in [0.3, 0.4) is 0 Å². The van der Waals surface area contributed by atoms with Crippen molar-refractivity contribution >= 4 is 46.6 Å². The maximum atomic E-state index is 13.6. The van der Waals surface area contributed by atoms with Gasteiger partial charge >= 0.3 is 0 Å². The topological polar surface area (TPSA) is 58.2 Å². The Labute approximate surface area is 148 Å². The summed E-state index contributed by atoms with van der Waals surface area (Å²) < 4.78 is 13.6. The van der Waals surface area contributed by atoms with Crippen LogP contribution in [0.1, 0.15) is 12.5 Å². The average Bonchev–Trinajstić information content (AvgIpc) is 2.51. The molecular weight excluding hydrogens is 351 g/mol. The van der Waals surface area contributed by atoms with E-state index in [1.807, 2.05) is 0 Å². The quantitative estimate of drug-likeness (QED) is 0.800. The third-order valence-electron chi connectivity index (χ3n) is 2.99. The van der Waals surface area contributed by atoms with E-state index >= 15 is 0 Å². The lowest BCUT2D eigenvalue weighted by Gasteiger charge is -2.07. The van der Waals surface area contributed by atoms with Crippen LogP contribution in [0, 0.1) is 5.82 Å². The Morgan fingerprint density at radius 1 is 1.08 bits per heavy atom. The highest BCUT2D eigenvalue weighted by atomic mass is 35.5. The van der Waals surface area contributed by atoms with E-state index in [0.717, 1.165) is 0 Å². The van der Waals surface area contributed by atoms with Gasteiger partial charge in [0.2, 0.25) is 11.8 Å². The van der Waals surface area contributed by atoms with Crippen molar-refractivity contribution in [2.24, 2.45) is 0 Å². The van der Waals surface area contributed by atoms with Gasteiger partial charge in [-0.05, 0) is 42.0 Å². The molecule has 2 amide bonds. The molecule has 0 saturated heterocycles. The maximum absolute atomic E-state index is 13.6. The standard InChI is InChI=1S/C17H16ClFN2O2S/c1-11(22)20-14-4-6-15(7-5-14)21-17(23)10-24-9-12-2-3-13(18)8-16(12)19/h2-8H,9-10H2,1H3,(H,20,22)(H,21,23). The van der Waals surface area contributed by atoms with E-state index in [1.54, 1.807) is 36.4 Å². The number of hydrogen-bond acceptors (Lipinski definition) is 3. The van der Waals surface area contributed by atoms with Crippen LogP contribution in [0.5, 0.6) is 0 Å². The fourth-order valence-corrected chi connectivity index (χ4v) is 2.90. The smallest absolute Gasteiger partial charge is 0.234 e. The van der Waals surface area contributed by atoms with E-state index in [9.17, 15) is 14.0 Å². The first-order valence-corrected chi connectivity index (χ1v) is 8.66. The van der Waals surface area contributed by atoms with E-state index < -0.39 is 0 Å². The first kappa shape index (κ1) is 18.3. The van der Waals surface area contributed by atoms with Crippen molar-refractivity contribution in [3.63, 3.8) is 0 Å². The summed E-state index contributed by atoms with van der Waals surface area (Å²) >= 11 is 7.01. The molecule has 0 aliphatic carbocycles. The molecular formula is C17H16ClFN2O2S. The second kappa shape index (κ2) is 8.70. The van der Waals surface area contributed by atoms with Gasteiger partial charge in [-0.15, -0.1) is 11.8 Å². The molecule has 0 bridgehead atoms. The van der Waals surface area contributed by atoms with Crippen LogP contribution in [0.4, 0.5) is 15.8 Å². The Bertz CT molecular complexity index is 738. The molecule has 0 aromatic heterocycles. The van der Waals surface area contributed by atoms with Gasteiger partial charge in [0, 0.05) is 29.1 Å². The monoisotopic (exact) mass is 366 g/mol. The molecule has 2 rings (SSSR count). The van der Waals surface area contributed by atoms with Gasteiger partial charge in [-0.2, -0.15) is 0 Å². The number of rotatable bonds is 6. The van der Waals surface area contributed by atoms with Crippen LogP contribution < -0.4 is 10.6 Å².